The number of nitrogens with one attached hydrogen (secondary N) is 1. The van der Waals surface area contributed by atoms with Crippen molar-refractivity contribution in [3.8, 4) is 0 Å². The molecule has 2 aliphatic rings. The fourth-order valence-electron chi connectivity index (χ4n) is 1.70. The topological polar surface area (TPSA) is 26.1 Å². The predicted octanol–water partition coefficient (Wildman–Crippen LogP) is -0.0258. The van der Waals surface area contributed by atoms with E-state index in [9.17, 15) is 0 Å². The molecule has 9 heavy (non-hydrogen) atoms. The number of nitrogens with zero attached hydrogens (tertiary/aromatic N) is 1. The van der Waals surface area contributed by atoms with Crippen LogP contribution in [0.1, 0.15) is 12.8 Å². The Kier molecular flexibility index (Phi) is 1.24. The van der Waals surface area contributed by atoms with Gasteiger partial charge in [-0.2, -0.15) is 0 Å². The lowest BCUT2D eigenvalue weighted by Gasteiger charge is -2.44. The Morgan fingerprint density at radius 3 is 2.11 bits per heavy atom. The quantitative estimate of drug-likeness (QED) is 0.483. The number of piperidine rings is 1. The van der Waals surface area contributed by atoms with Crippen LogP contribution in [0.25, 0.3) is 0 Å². The van der Waals surface area contributed by atoms with Crippen LogP contribution in [-0.4, -0.2) is 26.2 Å². The molecule has 0 atom stereocenters. The fraction of sp³-hybridized carbons (Fsp3) is 1.00. The van der Waals surface area contributed by atoms with Crippen molar-refractivity contribution in [1.82, 2.24) is 10.6 Å². The molecule has 2 saturated heterocycles. The normalized spacial score (nSPS) is 32.0. The van der Waals surface area contributed by atoms with Crippen LogP contribution in [0.2, 0.25) is 0 Å². The summed E-state index contributed by atoms with van der Waals surface area (Å²) in [6.07, 6.45) is 2.72. The van der Waals surface area contributed by atoms with E-state index in [0.717, 1.165) is 13.1 Å². The molecular formula is C7H13N2. The van der Waals surface area contributed by atoms with Crippen molar-refractivity contribution in [3.63, 3.8) is 0 Å². The van der Waals surface area contributed by atoms with Crippen molar-refractivity contribution < 1.29 is 0 Å². The summed E-state index contributed by atoms with van der Waals surface area (Å²) in [5, 5.41) is 7.63. The highest BCUT2D eigenvalue weighted by molar-refractivity contribution is 4.94. The molecule has 2 heterocycles. The monoisotopic (exact) mass is 125 g/mol. The van der Waals surface area contributed by atoms with Crippen LogP contribution < -0.4 is 10.6 Å². The van der Waals surface area contributed by atoms with Crippen LogP contribution >= 0.6 is 0 Å². The average molecular weight is 125 g/mol. The molecule has 2 aliphatic heterocycles. The molecule has 0 aromatic rings. The minimum atomic E-state index is 0.672. The van der Waals surface area contributed by atoms with E-state index in [-0.39, 0.29) is 0 Å². The van der Waals surface area contributed by atoms with Gasteiger partial charge in [0.2, 0.25) is 0 Å². The van der Waals surface area contributed by atoms with Crippen LogP contribution in [0.3, 0.4) is 0 Å². The van der Waals surface area contributed by atoms with Crippen LogP contribution in [0, 0.1) is 5.41 Å². The Hall–Kier alpha value is -0.0800. The summed E-state index contributed by atoms with van der Waals surface area (Å²) in [7, 11) is 0. The van der Waals surface area contributed by atoms with Gasteiger partial charge < -0.3 is 5.32 Å². The van der Waals surface area contributed by atoms with Crippen LogP contribution in [0.4, 0.5) is 0 Å². The lowest BCUT2D eigenvalue weighted by atomic mass is 9.74. The van der Waals surface area contributed by atoms with Crippen molar-refractivity contribution >= 4 is 0 Å². The Morgan fingerprint density at radius 1 is 1.11 bits per heavy atom. The van der Waals surface area contributed by atoms with Crippen molar-refractivity contribution in [3.05, 3.63) is 0 Å². The van der Waals surface area contributed by atoms with Gasteiger partial charge in [0.25, 0.3) is 0 Å². The second-order valence-electron chi connectivity index (χ2n) is 3.29. The molecule has 1 N–H and O–H groups in total. The summed E-state index contributed by atoms with van der Waals surface area (Å²) < 4.78 is 0. The minimum absolute atomic E-state index is 0.672. The summed E-state index contributed by atoms with van der Waals surface area (Å²) in [5.41, 5.74) is 0.672. The zero-order chi connectivity index (χ0) is 6.16. The van der Waals surface area contributed by atoms with E-state index >= 15 is 0 Å². The predicted molar refractivity (Wildman–Crippen MR) is 36.4 cm³/mol. The third kappa shape index (κ3) is 0.864. The molecule has 0 unspecified atom stereocenters. The molecule has 0 saturated carbocycles. The number of hydrogen-bond acceptors (Lipinski definition) is 1. The molecule has 2 fully saturated rings. The fourth-order valence-corrected chi connectivity index (χ4v) is 1.70. The van der Waals surface area contributed by atoms with E-state index in [4.69, 9.17) is 0 Å². The van der Waals surface area contributed by atoms with Gasteiger partial charge in [-0.05, 0) is 25.9 Å². The van der Waals surface area contributed by atoms with Gasteiger partial charge >= 0.3 is 0 Å². The Balaban J connectivity index is 1.93. The Labute approximate surface area is 56.0 Å². The van der Waals surface area contributed by atoms with Crippen LogP contribution in [0.15, 0.2) is 0 Å². The molecule has 1 spiro atoms. The number of rotatable bonds is 0. The van der Waals surface area contributed by atoms with Crippen LogP contribution in [0.5, 0.6) is 0 Å². The van der Waals surface area contributed by atoms with Crippen LogP contribution in [-0.2, 0) is 0 Å². The van der Waals surface area contributed by atoms with Gasteiger partial charge in [-0.15, -0.1) is 0 Å². The first-order valence-corrected chi connectivity index (χ1v) is 3.75. The molecule has 2 heteroatoms. The van der Waals surface area contributed by atoms with Gasteiger partial charge in [-0.1, -0.05) is 0 Å². The van der Waals surface area contributed by atoms with Crippen molar-refractivity contribution in [1.29, 1.82) is 0 Å². The maximum Gasteiger partial charge on any atom is 0.0204 e. The summed E-state index contributed by atoms with van der Waals surface area (Å²) in [6.45, 7) is 4.73. The lowest BCUT2D eigenvalue weighted by Crippen LogP contribution is -2.54. The molecule has 0 amide bonds. The highest BCUT2D eigenvalue weighted by Gasteiger charge is 2.38. The van der Waals surface area contributed by atoms with E-state index in [1.807, 2.05) is 0 Å². The smallest absolute Gasteiger partial charge is 0.0204 e. The molecule has 51 valence electrons. The molecule has 0 bridgehead atoms. The van der Waals surface area contributed by atoms with E-state index in [1.54, 1.807) is 0 Å². The van der Waals surface area contributed by atoms with Crippen molar-refractivity contribution in [2.45, 2.75) is 12.8 Å². The Morgan fingerprint density at radius 2 is 1.78 bits per heavy atom. The summed E-state index contributed by atoms with van der Waals surface area (Å²) >= 11 is 0. The highest BCUT2D eigenvalue weighted by atomic mass is 15.0. The lowest BCUT2D eigenvalue weighted by molar-refractivity contribution is 0.112. The van der Waals surface area contributed by atoms with E-state index in [1.165, 1.54) is 25.9 Å². The molecule has 0 aliphatic carbocycles. The van der Waals surface area contributed by atoms with E-state index in [0.29, 0.717) is 5.41 Å². The van der Waals surface area contributed by atoms with Gasteiger partial charge in [0.1, 0.15) is 0 Å². The highest BCUT2D eigenvalue weighted by Crippen LogP contribution is 2.33. The maximum atomic E-state index is 4.27. The zero-order valence-electron chi connectivity index (χ0n) is 5.69. The van der Waals surface area contributed by atoms with Crippen molar-refractivity contribution in [2.75, 3.05) is 26.2 Å². The van der Waals surface area contributed by atoms with E-state index < -0.39 is 0 Å². The third-order valence-electron chi connectivity index (χ3n) is 2.56. The summed E-state index contributed by atoms with van der Waals surface area (Å²) in [4.78, 5) is 0. The van der Waals surface area contributed by atoms with E-state index in [2.05, 4.69) is 10.6 Å². The summed E-state index contributed by atoms with van der Waals surface area (Å²) in [6, 6.07) is 0. The first-order chi connectivity index (χ1) is 4.41. The van der Waals surface area contributed by atoms with Gasteiger partial charge in [0.05, 0.1) is 0 Å². The van der Waals surface area contributed by atoms with Gasteiger partial charge in [-0.3, -0.25) is 0 Å². The molecule has 2 rings (SSSR count). The molecule has 1 radical (unpaired) electrons. The average Bonchev–Trinajstić information content (AvgIpc) is 1.87. The second-order valence-corrected chi connectivity index (χ2v) is 3.29. The Bertz CT molecular complexity index is 99.5. The first kappa shape index (κ1) is 5.69. The molecule has 0 aromatic carbocycles. The summed E-state index contributed by atoms with van der Waals surface area (Å²) in [5.74, 6) is 0. The van der Waals surface area contributed by atoms with Crippen molar-refractivity contribution in [2.24, 2.45) is 5.41 Å². The standard InChI is InChI=1S/C7H13N2/c1-3-8-4-2-7(1)5-9-6-7/h8H,1-6H2. The van der Waals surface area contributed by atoms with Gasteiger partial charge in [0, 0.05) is 18.5 Å². The van der Waals surface area contributed by atoms with Gasteiger partial charge in [0.15, 0.2) is 0 Å². The SMILES string of the molecule is C1CC2(CCN1)C[N]C2. The molecule has 2 nitrogen and oxygen atoms in total. The second kappa shape index (κ2) is 1.96. The maximum absolute atomic E-state index is 4.27. The number of hydrogen-bond donors (Lipinski definition) is 1. The first-order valence-electron chi connectivity index (χ1n) is 3.75. The molecule has 0 aromatic heterocycles. The van der Waals surface area contributed by atoms with Gasteiger partial charge in [-0.25, -0.2) is 5.32 Å². The third-order valence-corrected chi connectivity index (χ3v) is 2.56. The zero-order valence-corrected chi connectivity index (χ0v) is 5.69. The molecular weight excluding hydrogens is 112 g/mol. The largest absolute Gasteiger partial charge is 0.317 e. The minimum Gasteiger partial charge on any atom is -0.317 e.